The van der Waals surface area contributed by atoms with Crippen LogP contribution in [0, 0.1) is 5.92 Å². The molecule has 23 heavy (non-hydrogen) atoms. The van der Waals surface area contributed by atoms with E-state index in [4.69, 9.17) is 0 Å². The highest BCUT2D eigenvalue weighted by Crippen LogP contribution is 2.38. The predicted molar refractivity (Wildman–Crippen MR) is 84.8 cm³/mol. The van der Waals surface area contributed by atoms with Crippen molar-refractivity contribution in [3.05, 3.63) is 39.7 Å². The number of anilines is 1. The number of hydrogen-bond donors (Lipinski definition) is 2. The van der Waals surface area contributed by atoms with Crippen LogP contribution in [0.4, 0.5) is 18.9 Å². The summed E-state index contributed by atoms with van der Waals surface area (Å²) in [5.74, 6) is 0.405. The van der Waals surface area contributed by atoms with Gasteiger partial charge >= 0.3 is 6.18 Å². The van der Waals surface area contributed by atoms with Gasteiger partial charge in [0.25, 0.3) is 0 Å². The summed E-state index contributed by atoms with van der Waals surface area (Å²) in [5.41, 5.74) is 0.320. The van der Waals surface area contributed by atoms with Gasteiger partial charge < -0.3 is 10.3 Å². The van der Waals surface area contributed by atoms with Crippen LogP contribution >= 0.6 is 0 Å². The Hall–Kier alpha value is -1.98. The zero-order chi connectivity index (χ0) is 16.8. The SMILES string of the molecule is CC[C@H]1Cc2cc3c(C(F)(F)F)cc(=O)[nH]c3cc2N[C@@H]1CC. The molecule has 0 spiro atoms. The van der Waals surface area contributed by atoms with Crippen molar-refractivity contribution in [2.75, 3.05) is 5.32 Å². The first-order valence-electron chi connectivity index (χ1n) is 7.87. The minimum atomic E-state index is -4.54. The summed E-state index contributed by atoms with van der Waals surface area (Å²) in [5, 5.41) is 3.47. The van der Waals surface area contributed by atoms with E-state index in [1.54, 1.807) is 12.1 Å². The summed E-state index contributed by atoms with van der Waals surface area (Å²) >= 11 is 0. The van der Waals surface area contributed by atoms with Crippen LogP contribution in [0.1, 0.15) is 37.8 Å². The summed E-state index contributed by atoms with van der Waals surface area (Å²) in [7, 11) is 0. The minimum Gasteiger partial charge on any atom is -0.382 e. The largest absolute Gasteiger partial charge is 0.417 e. The fourth-order valence-electron chi connectivity index (χ4n) is 3.49. The van der Waals surface area contributed by atoms with Crippen LogP contribution in [0.25, 0.3) is 10.9 Å². The minimum absolute atomic E-state index is 0.0578. The number of rotatable bonds is 2. The second kappa shape index (κ2) is 5.58. The first-order valence-corrected chi connectivity index (χ1v) is 7.87. The van der Waals surface area contributed by atoms with Gasteiger partial charge in [-0.1, -0.05) is 20.3 Å². The molecule has 2 aromatic rings. The Morgan fingerprint density at radius 2 is 1.91 bits per heavy atom. The molecular weight excluding hydrogens is 305 g/mol. The molecule has 3 rings (SSSR count). The first-order chi connectivity index (χ1) is 10.8. The van der Waals surface area contributed by atoms with Crippen LogP contribution in [0.2, 0.25) is 0 Å². The van der Waals surface area contributed by atoms with Gasteiger partial charge in [-0.25, -0.2) is 0 Å². The number of halogens is 3. The Morgan fingerprint density at radius 3 is 2.52 bits per heavy atom. The van der Waals surface area contributed by atoms with Crippen molar-refractivity contribution in [1.82, 2.24) is 4.98 Å². The van der Waals surface area contributed by atoms with Crippen molar-refractivity contribution in [3.63, 3.8) is 0 Å². The van der Waals surface area contributed by atoms with E-state index in [0.29, 0.717) is 18.0 Å². The predicted octanol–water partition coefficient (Wildman–Crippen LogP) is 4.32. The topological polar surface area (TPSA) is 44.9 Å². The van der Waals surface area contributed by atoms with Gasteiger partial charge in [-0.2, -0.15) is 13.2 Å². The third kappa shape index (κ3) is 2.82. The number of aromatic amines is 1. The van der Waals surface area contributed by atoms with Gasteiger partial charge in [-0.3, -0.25) is 4.79 Å². The maximum absolute atomic E-state index is 13.2. The van der Waals surface area contributed by atoms with Gasteiger partial charge in [0.2, 0.25) is 5.56 Å². The van der Waals surface area contributed by atoms with E-state index in [1.165, 1.54) is 0 Å². The quantitative estimate of drug-likeness (QED) is 0.864. The Bertz CT molecular complexity index is 795. The number of hydrogen-bond acceptors (Lipinski definition) is 2. The van der Waals surface area contributed by atoms with Gasteiger partial charge in [0, 0.05) is 23.2 Å². The number of fused-ring (bicyclic) bond motifs is 2. The van der Waals surface area contributed by atoms with Crippen molar-refractivity contribution in [2.45, 2.75) is 45.3 Å². The molecule has 2 N–H and O–H groups in total. The average Bonchev–Trinajstić information content (AvgIpc) is 2.49. The van der Waals surface area contributed by atoms with Crippen molar-refractivity contribution in [3.8, 4) is 0 Å². The number of nitrogens with one attached hydrogen (secondary N) is 2. The zero-order valence-electron chi connectivity index (χ0n) is 13.1. The Kier molecular flexibility index (Phi) is 3.86. The summed E-state index contributed by atoms with van der Waals surface area (Å²) in [6.07, 6.45) is -1.86. The van der Waals surface area contributed by atoms with E-state index < -0.39 is 17.3 Å². The molecule has 0 aliphatic carbocycles. The van der Waals surface area contributed by atoms with Crippen LogP contribution in [0.15, 0.2) is 23.0 Å². The van der Waals surface area contributed by atoms with Gasteiger partial charge in [0.1, 0.15) is 0 Å². The highest BCUT2D eigenvalue weighted by Gasteiger charge is 2.34. The Morgan fingerprint density at radius 1 is 1.17 bits per heavy atom. The van der Waals surface area contributed by atoms with Crippen LogP contribution in [-0.4, -0.2) is 11.0 Å². The van der Waals surface area contributed by atoms with E-state index in [0.717, 1.165) is 30.5 Å². The van der Waals surface area contributed by atoms with Crippen LogP contribution < -0.4 is 10.9 Å². The second-order valence-electron chi connectivity index (χ2n) is 6.13. The van der Waals surface area contributed by atoms with E-state index in [1.807, 2.05) is 0 Å². The Balaban J connectivity index is 2.21. The molecule has 0 saturated heterocycles. The number of H-pyrrole nitrogens is 1. The molecule has 1 aliphatic heterocycles. The monoisotopic (exact) mass is 324 g/mol. The van der Waals surface area contributed by atoms with Crippen molar-refractivity contribution in [1.29, 1.82) is 0 Å². The molecule has 0 amide bonds. The molecule has 2 atom stereocenters. The number of benzene rings is 1. The molecular formula is C17H19F3N2O. The normalized spacial score (nSPS) is 21.1. The lowest BCUT2D eigenvalue weighted by molar-refractivity contribution is -0.136. The van der Waals surface area contributed by atoms with E-state index >= 15 is 0 Å². The van der Waals surface area contributed by atoms with Crippen LogP contribution in [0.5, 0.6) is 0 Å². The Labute approximate surface area is 131 Å². The average molecular weight is 324 g/mol. The summed E-state index contributed by atoms with van der Waals surface area (Å²) in [6.45, 7) is 4.19. The van der Waals surface area contributed by atoms with E-state index in [2.05, 4.69) is 24.1 Å². The van der Waals surface area contributed by atoms with Crippen molar-refractivity contribution < 1.29 is 13.2 Å². The lowest BCUT2D eigenvalue weighted by Gasteiger charge is -2.34. The summed E-state index contributed by atoms with van der Waals surface area (Å²) < 4.78 is 39.7. The molecule has 0 saturated carbocycles. The molecule has 0 fully saturated rings. The molecule has 1 aliphatic rings. The lowest BCUT2D eigenvalue weighted by atomic mass is 9.83. The fraction of sp³-hybridized carbons (Fsp3) is 0.471. The molecule has 3 nitrogen and oxygen atoms in total. The highest BCUT2D eigenvalue weighted by atomic mass is 19.4. The third-order valence-corrected chi connectivity index (χ3v) is 4.73. The fourth-order valence-corrected chi connectivity index (χ4v) is 3.49. The first kappa shape index (κ1) is 15.9. The maximum Gasteiger partial charge on any atom is 0.417 e. The lowest BCUT2D eigenvalue weighted by Crippen LogP contribution is -2.34. The van der Waals surface area contributed by atoms with Crippen molar-refractivity contribution in [2.24, 2.45) is 5.92 Å². The van der Waals surface area contributed by atoms with Gasteiger partial charge in [-0.15, -0.1) is 0 Å². The molecule has 124 valence electrons. The molecule has 1 aromatic heterocycles. The second-order valence-corrected chi connectivity index (χ2v) is 6.13. The molecule has 2 heterocycles. The van der Waals surface area contributed by atoms with Gasteiger partial charge in [0.05, 0.1) is 11.1 Å². The molecule has 0 radical (unpaired) electrons. The van der Waals surface area contributed by atoms with E-state index in [-0.39, 0.29) is 10.9 Å². The standard InChI is InChI=1S/C17H19F3N2O/c1-3-9-5-10-6-11-12(17(18,19)20)7-16(23)22-15(11)8-14(10)21-13(9)4-2/h6-9,13,21H,3-5H2,1-2H3,(H,22,23)/t9-,13+/m0/s1. The molecule has 0 bridgehead atoms. The zero-order valence-corrected chi connectivity index (χ0v) is 13.1. The molecule has 0 unspecified atom stereocenters. The molecule has 6 heteroatoms. The van der Waals surface area contributed by atoms with Gasteiger partial charge in [0.15, 0.2) is 0 Å². The van der Waals surface area contributed by atoms with E-state index in [9.17, 15) is 18.0 Å². The third-order valence-electron chi connectivity index (χ3n) is 4.73. The van der Waals surface area contributed by atoms with Gasteiger partial charge in [-0.05, 0) is 36.5 Å². The number of alkyl halides is 3. The number of aromatic nitrogens is 1. The van der Waals surface area contributed by atoms with Crippen LogP contribution in [-0.2, 0) is 12.6 Å². The van der Waals surface area contributed by atoms with Crippen LogP contribution in [0.3, 0.4) is 0 Å². The highest BCUT2D eigenvalue weighted by molar-refractivity contribution is 5.87. The maximum atomic E-state index is 13.2. The molecule has 1 aromatic carbocycles. The van der Waals surface area contributed by atoms with Crippen molar-refractivity contribution >= 4 is 16.6 Å². The smallest absolute Gasteiger partial charge is 0.382 e. The number of pyridine rings is 1. The summed E-state index contributed by atoms with van der Waals surface area (Å²) in [6, 6.07) is 4.15. The summed E-state index contributed by atoms with van der Waals surface area (Å²) in [4.78, 5) is 14.1.